The van der Waals surface area contributed by atoms with Gasteiger partial charge in [0.1, 0.15) is 6.10 Å². The number of carbonyl (C=O) groups is 1. The Balaban J connectivity index is 2.02. The number of hydrogen-bond donors (Lipinski definition) is 2. The maximum Gasteiger partial charge on any atom is 0.251 e. The SMILES string of the molecule is CO[C@@H]1C[C@H](NC(=O)c2ccccc2)[C@H](O)[C@@H](C)O1. The summed E-state index contributed by atoms with van der Waals surface area (Å²) >= 11 is 0. The number of methoxy groups -OCH3 is 1. The van der Waals surface area contributed by atoms with Crippen LogP contribution in [0, 0.1) is 0 Å². The lowest BCUT2D eigenvalue weighted by atomic mass is 9.99. The Morgan fingerprint density at radius 3 is 2.74 bits per heavy atom. The smallest absolute Gasteiger partial charge is 0.251 e. The van der Waals surface area contributed by atoms with E-state index in [1.54, 1.807) is 38.3 Å². The van der Waals surface area contributed by atoms with Crippen molar-refractivity contribution in [3.63, 3.8) is 0 Å². The Kier molecular flexibility index (Phi) is 4.52. The van der Waals surface area contributed by atoms with Gasteiger partial charge in [0.15, 0.2) is 6.29 Å². The maximum atomic E-state index is 12.1. The molecule has 1 fully saturated rings. The zero-order valence-electron chi connectivity index (χ0n) is 11.1. The van der Waals surface area contributed by atoms with Crippen LogP contribution in [0.4, 0.5) is 0 Å². The lowest BCUT2D eigenvalue weighted by Crippen LogP contribution is -2.55. The van der Waals surface area contributed by atoms with Crippen LogP contribution in [-0.2, 0) is 9.47 Å². The summed E-state index contributed by atoms with van der Waals surface area (Å²) in [7, 11) is 1.55. The Labute approximate surface area is 112 Å². The largest absolute Gasteiger partial charge is 0.388 e. The van der Waals surface area contributed by atoms with Gasteiger partial charge in [0.25, 0.3) is 5.91 Å². The van der Waals surface area contributed by atoms with Gasteiger partial charge in [0.05, 0.1) is 12.1 Å². The quantitative estimate of drug-likeness (QED) is 0.853. The first kappa shape index (κ1) is 14.0. The Morgan fingerprint density at radius 1 is 1.42 bits per heavy atom. The van der Waals surface area contributed by atoms with Crippen molar-refractivity contribution in [3.05, 3.63) is 35.9 Å². The molecule has 5 nitrogen and oxygen atoms in total. The topological polar surface area (TPSA) is 67.8 Å². The monoisotopic (exact) mass is 265 g/mol. The van der Waals surface area contributed by atoms with Crippen LogP contribution in [0.25, 0.3) is 0 Å². The van der Waals surface area contributed by atoms with Crippen molar-refractivity contribution in [3.8, 4) is 0 Å². The third kappa shape index (κ3) is 3.32. The highest BCUT2D eigenvalue weighted by Gasteiger charge is 2.36. The van der Waals surface area contributed by atoms with Gasteiger partial charge >= 0.3 is 0 Å². The standard InChI is InChI=1S/C14H19NO4/c1-9-13(16)11(8-12(18-2)19-9)15-14(17)10-6-4-3-5-7-10/h3-7,9,11-13,16H,8H2,1-2H3,(H,15,17)/t9-,11+,12+,13-/m1/s1. The predicted octanol–water partition coefficient (Wildman–Crippen LogP) is 0.927. The summed E-state index contributed by atoms with van der Waals surface area (Å²) in [6.07, 6.45) is -1.08. The van der Waals surface area contributed by atoms with Gasteiger partial charge < -0.3 is 19.9 Å². The first-order valence-corrected chi connectivity index (χ1v) is 6.34. The molecule has 1 amide bonds. The van der Waals surface area contributed by atoms with Crippen molar-refractivity contribution in [2.75, 3.05) is 7.11 Å². The number of carbonyl (C=O) groups excluding carboxylic acids is 1. The molecule has 4 atom stereocenters. The van der Waals surface area contributed by atoms with Crippen LogP contribution in [0.15, 0.2) is 30.3 Å². The van der Waals surface area contributed by atoms with Crippen molar-refractivity contribution in [2.24, 2.45) is 0 Å². The number of amides is 1. The first-order valence-electron chi connectivity index (χ1n) is 6.34. The van der Waals surface area contributed by atoms with E-state index in [0.717, 1.165) is 0 Å². The molecular formula is C14H19NO4. The second-order valence-corrected chi connectivity index (χ2v) is 4.68. The molecule has 2 N–H and O–H groups in total. The highest BCUT2D eigenvalue weighted by molar-refractivity contribution is 5.94. The van der Waals surface area contributed by atoms with Crippen molar-refractivity contribution in [2.45, 2.75) is 37.9 Å². The molecule has 1 heterocycles. The summed E-state index contributed by atoms with van der Waals surface area (Å²) < 4.78 is 10.6. The predicted molar refractivity (Wildman–Crippen MR) is 69.7 cm³/mol. The van der Waals surface area contributed by atoms with Crippen molar-refractivity contribution >= 4 is 5.91 Å². The second-order valence-electron chi connectivity index (χ2n) is 4.68. The van der Waals surface area contributed by atoms with Gasteiger partial charge in [-0.25, -0.2) is 0 Å². The number of nitrogens with one attached hydrogen (secondary N) is 1. The normalized spacial score (nSPS) is 30.9. The summed E-state index contributed by atoms with van der Waals surface area (Å²) in [5, 5.41) is 12.9. The maximum absolute atomic E-state index is 12.1. The van der Waals surface area contributed by atoms with Crippen molar-refractivity contribution < 1.29 is 19.4 Å². The highest BCUT2D eigenvalue weighted by atomic mass is 16.7. The van der Waals surface area contributed by atoms with E-state index >= 15 is 0 Å². The Morgan fingerprint density at radius 2 is 2.11 bits per heavy atom. The fourth-order valence-corrected chi connectivity index (χ4v) is 2.19. The van der Waals surface area contributed by atoms with Gasteiger partial charge in [-0.15, -0.1) is 0 Å². The number of rotatable bonds is 3. The number of aliphatic hydroxyl groups excluding tert-OH is 1. The molecule has 1 aromatic rings. The third-order valence-corrected chi connectivity index (χ3v) is 3.32. The zero-order chi connectivity index (χ0) is 13.8. The molecule has 0 spiro atoms. The minimum Gasteiger partial charge on any atom is -0.388 e. The Bertz CT molecular complexity index is 423. The van der Waals surface area contributed by atoms with Crippen LogP contribution in [0.5, 0.6) is 0 Å². The molecule has 0 unspecified atom stereocenters. The van der Waals surface area contributed by atoms with E-state index in [0.29, 0.717) is 12.0 Å². The van der Waals surface area contributed by atoms with E-state index < -0.39 is 12.4 Å². The second kappa shape index (κ2) is 6.14. The van der Waals surface area contributed by atoms with Crippen LogP contribution in [0.3, 0.4) is 0 Å². The molecule has 0 aromatic heterocycles. The van der Waals surface area contributed by atoms with E-state index in [2.05, 4.69) is 5.32 Å². The number of benzene rings is 1. The average Bonchev–Trinajstić information content (AvgIpc) is 2.44. The fourth-order valence-electron chi connectivity index (χ4n) is 2.19. The number of hydrogen-bond acceptors (Lipinski definition) is 4. The molecule has 2 rings (SSSR count). The van der Waals surface area contributed by atoms with Gasteiger partial charge in [0, 0.05) is 19.1 Å². The number of aliphatic hydroxyl groups is 1. The molecule has 104 valence electrons. The molecule has 0 bridgehead atoms. The molecule has 1 aliphatic rings. The van der Waals surface area contributed by atoms with E-state index in [1.807, 2.05) is 6.07 Å². The van der Waals surface area contributed by atoms with Gasteiger partial charge in [-0.1, -0.05) is 18.2 Å². The molecule has 1 aliphatic heterocycles. The van der Waals surface area contributed by atoms with E-state index in [9.17, 15) is 9.90 Å². The lowest BCUT2D eigenvalue weighted by Gasteiger charge is -2.37. The highest BCUT2D eigenvalue weighted by Crippen LogP contribution is 2.21. The molecule has 0 saturated carbocycles. The molecule has 0 aliphatic carbocycles. The van der Waals surface area contributed by atoms with Gasteiger partial charge in [-0.05, 0) is 19.1 Å². The molecular weight excluding hydrogens is 246 g/mol. The Hall–Kier alpha value is -1.43. The van der Waals surface area contributed by atoms with Crippen molar-refractivity contribution in [1.29, 1.82) is 0 Å². The van der Waals surface area contributed by atoms with E-state index in [-0.39, 0.29) is 18.1 Å². The molecule has 19 heavy (non-hydrogen) atoms. The van der Waals surface area contributed by atoms with Gasteiger partial charge in [-0.3, -0.25) is 4.79 Å². The minimum absolute atomic E-state index is 0.200. The van der Waals surface area contributed by atoms with Crippen LogP contribution < -0.4 is 5.32 Å². The number of ether oxygens (including phenoxy) is 2. The van der Waals surface area contributed by atoms with Crippen molar-refractivity contribution in [1.82, 2.24) is 5.32 Å². The molecule has 0 radical (unpaired) electrons. The molecule has 1 aromatic carbocycles. The van der Waals surface area contributed by atoms with E-state index in [4.69, 9.17) is 9.47 Å². The summed E-state index contributed by atoms with van der Waals surface area (Å²) in [6, 6.07) is 8.55. The summed E-state index contributed by atoms with van der Waals surface area (Å²) in [5.74, 6) is -0.200. The summed E-state index contributed by atoms with van der Waals surface area (Å²) in [4.78, 5) is 12.1. The van der Waals surface area contributed by atoms with Crippen LogP contribution >= 0.6 is 0 Å². The lowest BCUT2D eigenvalue weighted by molar-refractivity contribution is -0.213. The summed E-state index contributed by atoms with van der Waals surface area (Å²) in [6.45, 7) is 1.76. The van der Waals surface area contributed by atoms with E-state index in [1.165, 1.54) is 0 Å². The van der Waals surface area contributed by atoms with Gasteiger partial charge in [-0.2, -0.15) is 0 Å². The van der Waals surface area contributed by atoms with Crippen LogP contribution in [0.2, 0.25) is 0 Å². The average molecular weight is 265 g/mol. The summed E-state index contributed by atoms with van der Waals surface area (Å²) in [5.41, 5.74) is 0.572. The minimum atomic E-state index is -0.737. The molecule has 5 heteroatoms. The zero-order valence-corrected chi connectivity index (χ0v) is 11.1. The van der Waals surface area contributed by atoms with Crippen LogP contribution in [0.1, 0.15) is 23.7 Å². The van der Waals surface area contributed by atoms with Gasteiger partial charge in [0.2, 0.25) is 0 Å². The third-order valence-electron chi connectivity index (χ3n) is 3.32. The fraction of sp³-hybridized carbons (Fsp3) is 0.500. The van der Waals surface area contributed by atoms with Crippen LogP contribution in [-0.4, -0.2) is 42.7 Å². The first-order chi connectivity index (χ1) is 9.11. The molecule has 1 saturated heterocycles.